The van der Waals surface area contributed by atoms with Gasteiger partial charge in [0, 0.05) is 26.2 Å². The number of nitrogens with zero attached hydrogens (tertiary/aromatic N) is 3. The number of nitrogens with one attached hydrogen (secondary N) is 2. The van der Waals surface area contributed by atoms with Crippen LogP contribution in [0.4, 0.5) is 5.69 Å². The van der Waals surface area contributed by atoms with Gasteiger partial charge in [-0.2, -0.15) is 8.75 Å². The zero-order valence-corrected chi connectivity index (χ0v) is 16.3. The van der Waals surface area contributed by atoms with Gasteiger partial charge >= 0.3 is 0 Å². The van der Waals surface area contributed by atoms with Crippen molar-refractivity contribution in [3.8, 4) is 0 Å². The topological polar surface area (TPSA) is 96.5 Å². The van der Waals surface area contributed by atoms with Crippen LogP contribution < -0.4 is 10.6 Å². The molecule has 1 aromatic carbocycles. The number of hydrogen-bond acceptors (Lipinski definition) is 7. The Bertz CT molecular complexity index is 773. The number of carbonyl (C=O) groups is 2. The van der Waals surface area contributed by atoms with E-state index in [0.29, 0.717) is 25.4 Å². The van der Waals surface area contributed by atoms with Crippen molar-refractivity contribution in [2.75, 3.05) is 45.2 Å². The number of anilines is 1. The van der Waals surface area contributed by atoms with E-state index < -0.39 is 0 Å². The quantitative estimate of drug-likeness (QED) is 0.662. The van der Waals surface area contributed by atoms with Gasteiger partial charge in [-0.15, -0.1) is 0 Å². The van der Waals surface area contributed by atoms with Crippen LogP contribution in [-0.4, -0.2) is 65.4 Å². The van der Waals surface area contributed by atoms with E-state index in [0.717, 1.165) is 55.1 Å². The fourth-order valence-electron chi connectivity index (χ4n) is 3.23. The number of methoxy groups -OCH3 is 1. The summed E-state index contributed by atoms with van der Waals surface area (Å²) in [6.07, 6.45) is 2.37. The molecule has 1 aromatic heterocycles. The first-order valence-corrected chi connectivity index (χ1v) is 9.90. The number of ether oxygens (including phenoxy) is 1. The van der Waals surface area contributed by atoms with Crippen LogP contribution in [0.15, 0.2) is 18.2 Å². The highest BCUT2D eigenvalue weighted by Gasteiger charge is 2.25. The number of amides is 2. The second kappa shape index (κ2) is 9.72. The molecule has 0 radical (unpaired) electrons. The largest absolute Gasteiger partial charge is 0.385 e. The van der Waals surface area contributed by atoms with Gasteiger partial charge in [-0.05, 0) is 44.5 Å². The lowest BCUT2D eigenvalue weighted by atomic mass is 9.96. The van der Waals surface area contributed by atoms with Gasteiger partial charge in [0.1, 0.15) is 11.0 Å². The Morgan fingerprint density at radius 1 is 1.30 bits per heavy atom. The minimum atomic E-state index is -0.0713. The second-order valence-electron chi connectivity index (χ2n) is 6.67. The molecule has 2 amide bonds. The summed E-state index contributed by atoms with van der Waals surface area (Å²) in [6, 6.07) is 5.57. The van der Waals surface area contributed by atoms with Crippen molar-refractivity contribution in [1.82, 2.24) is 19.0 Å². The molecule has 8 nitrogen and oxygen atoms in total. The molecule has 0 unspecified atom stereocenters. The summed E-state index contributed by atoms with van der Waals surface area (Å²) in [7, 11) is 1.65. The molecule has 1 aliphatic rings. The van der Waals surface area contributed by atoms with Gasteiger partial charge in [-0.1, -0.05) is 6.07 Å². The molecule has 146 valence electrons. The number of rotatable bonds is 8. The Kier molecular flexibility index (Phi) is 7.08. The summed E-state index contributed by atoms with van der Waals surface area (Å²) in [5.41, 5.74) is 2.20. The van der Waals surface area contributed by atoms with E-state index in [9.17, 15) is 9.59 Å². The Morgan fingerprint density at radius 2 is 2.11 bits per heavy atom. The first-order valence-electron chi connectivity index (χ1n) is 9.17. The Labute approximate surface area is 162 Å². The molecule has 2 aromatic rings. The van der Waals surface area contributed by atoms with E-state index in [1.54, 1.807) is 7.11 Å². The molecule has 2 heterocycles. The third-order valence-corrected chi connectivity index (χ3v) is 5.25. The molecule has 0 atom stereocenters. The maximum Gasteiger partial charge on any atom is 0.238 e. The van der Waals surface area contributed by atoms with Gasteiger partial charge in [0.05, 0.1) is 24.0 Å². The average Bonchev–Trinajstić information content (AvgIpc) is 3.15. The second-order valence-corrected chi connectivity index (χ2v) is 7.20. The smallest absolute Gasteiger partial charge is 0.238 e. The summed E-state index contributed by atoms with van der Waals surface area (Å²) >= 11 is 1.13. The standard InChI is InChI=1S/C18H25N5O3S/c1-26-11-3-8-19-18(25)13-6-9-23(10-7-13)12-16(24)20-14-4-2-5-15-17(14)22-27-21-15/h2,4-5,13H,3,6-12H2,1H3,(H,19,25)(H,20,24). The first-order chi connectivity index (χ1) is 13.2. The number of piperidine rings is 1. The highest BCUT2D eigenvalue weighted by molar-refractivity contribution is 7.00. The van der Waals surface area contributed by atoms with Crippen molar-refractivity contribution in [2.45, 2.75) is 19.3 Å². The lowest BCUT2D eigenvalue weighted by molar-refractivity contribution is -0.126. The molecule has 0 bridgehead atoms. The molecule has 27 heavy (non-hydrogen) atoms. The number of hydrogen-bond donors (Lipinski definition) is 2. The highest BCUT2D eigenvalue weighted by Crippen LogP contribution is 2.21. The summed E-state index contributed by atoms with van der Waals surface area (Å²) in [6.45, 7) is 3.10. The van der Waals surface area contributed by atoms with Crippen LogP contribution >= 0.6 is 11.7 Å². The van der Waals surface area contributed by atoms with Crippen molar-refractivity contribution in [1.29, 1.82) is 0 Å². The predicted molar refractivity (Wildman–Crippen MR) is 105 cm³/mol. The van der Waals surface area contributed by atoms with Crippen molar-refractivity contribution < 1.29 is 14.3 Å². The normalized spacial score (nSPS) is 15.7. The zero-order valence-electron chi connectivity index (χ0n) is 15.4. The molecule has 3 rings (SSSR count). The maximum atomic E-state index is 12.4. The summed E-state index contributed by atoms with van der Waals surface area (Å²) in [4.78, 5) is 26.6. The molecule has 1 saturated heterocycles. The van der Waals surface area contributed by atoms with Crippen LogP contribution in [0, 0.1) is 5.92 Å². The minimum Gasteiger partial charge on any atom is -0.385 e. The van der Waals surface area contributed by atoms with Gasteiger partial charge in [0.25, 0.3) is 0 Å². The van der Waals surface area contributed by atoms with E-state index >= 15 is 0 Å². The van der Waals surface area contributed by atoms with Crippen molar-refractivity contribution in [2.24, 2.45) is 5.92 Å². The molecule has 1 aliphatic heterocycles. The van der Waals surface area contributed by atoms with Crippen molar-refractivity contribution >= 4 is 40.3 Å². The summed E-state index contributed by atoms with van der Waals surface area (Å²) in [5.74, 6) is 0.0672. The van der Waals surface area contributed by atoms with E-state index in [1.807, 2.05) is 18.2 Å². The SMILES string of the molecule is COCCCNC(=O)C1CCN(CC(=O)Nc2cccc3nsnc23)CC1. The van der Waals surface area contributed by atoms with E-state index in [2.05, 4.69) is 24.3 Å². The lowest BCUT2D eigenvalue weighted by Crippen LogP contribution is -2.43. The van der Waals surface area contributed by atoms with Crippen LogP contribution in [0.25, 0.3) is 11.0 Å². The highest BCUT2D eigenvalue weighted by atomic mass is 32.1. The Balaban J connectivity index is 1.42. The van der Waals surface area contributed by atoms with Gasteiger partial charge in [-0.25, -0.2) is 0 Å². The molecular weight excluding hydrogens is 366 g/mol. The molecular formula is C18H25N5O3S. The third kappa shape index (κ3) is 5.44. The van der Waals surface area contributed by atoms with Gasteiger partial charge in [-0.3, -0.25) is 14.5 Å². The number of fused-ring (bicyclic) bond motifs is 1. The van der Waals surface area contributed by atoms with Crippen molar-refractivity contribution in [3.63, 3.8) is 0 Å². The minimum absolute atomic E-state index is 0.0293. The number of aromatic nitrogens is 2. The molecule has 0 saturated carbocycles. The number of benzene rings is 1. The van der Waals surface area contributed by atoms with Gasteiger partial charge < -0.3 is 15.4 Å². The van der Waals surface area contributed by atoms with Crippen LogP contribution in [0.3, 0.4) is 0 Å². The summed E-state index contributed by atoms with van der Waals surface area (Å²) < 4.78 is 13.4. The van der Waals surface area contributed by atoms with Crippen LogP contribution in [0.5, 0.6) is 0 Å². The Morgan fingerprint density at radius 3 is 2.89 bits per heavy atom. The van der Waals surface area contributed by atoms with E-state index in [-0.39, 0.29) is 17.7 Å². The fraction of sp³-hybridized carbons (Fsp3) is 0.556. The lowest BCUT2D eigenvalue weighted by Gasteiger charge is -2.30. The van der Waals surface area contributed by atoms with E-state index in [1.165, 1.54) is 0 Å². The van der Waals surface area contributed by atoms with Crippen LogP contribution in [-0.2, 0) is 14.3 Å². The molecule has 0 aliphatic carbocycles. The van der Waals surface area contributed by atoms with Gasteiger partial charge in [0.2, 0.25) is 11.8 Å². The maximum absolute atomic E-state index is 12.4. The molecule has 1 fully saturated rings. The molecule has 9 heteroatoms. The molecule has 0 spiro atoms. The number of likely N-dealkylation sites (tertiary alicyclic amines) is 1. The summed E-state index contributed by atoms with van der Waals surface area (Å²) in [5, 5.41) is 5.89. The van der Waals surface area contributed by atoms with E-state index in [4.69, 9.17) is 4.74 Å². The predicted octanol–water partition coefficient (Wildman–Crippen LogP) is 1.49. The first kappa shape index (κ1) is 19.7. The van der Waals surface area contributed by atoms with Crippen molar-refractivity contribution in [3.05, 3.63) is 18.2 Å². The monoisotopic (exact) mass is 391 g/mol. The molecule has 2 N–H and O–H groups in total. The van der Waals surface area contributed by atoms with Crippen LogP contribution in [0.2, 0.25) is 0 Å². The third-order valence-electron chi connectivity index (χ3n) is 4.71. The van der Waals surface area contributed by atoms with Crippen LogP contribution in [0.1, 0.15) is 19.3 Å². The number of carbonyl (C=O) groups excluding carboxylic acids is 2. The average molecular weight is 391 g/mol. The van der Waals surface area contributed by atoms with Gasteiger partial charge in [0.15, 0.2) is 0 Å². The zero-order chi connectivity index (χ0) is 19.1. The Hall–Kier alpha value is -2.10. The fourth-order valence-corrected chi connectivity index (χ4v) is 3.78.